The standard InChI is InChI=1S/C22H20N4O2/c1-13-7-9-16(10-8-13)22-25-19(26-28-22)12-23-21(27)18-11-17-6-4-5-14(2)20(17)24-15(18)3/h4-11H,12H2,1-3H3,(H,23,27). The summed E-state index contributed by atoms with van der Waals surface area (Å²) in [5.74, 6) is 0.643. The molecule has 6 nitrogen and oxygen atoms in total. The molecule has 0 aliphatic carbocycles. The lowest BCUT2D eigenvalue weighted by atomic mass is 10.1. The minimum absolute atomic E-state index is 0.180. The molecule has 4 aromatic rings. The maximum absolute atomic E-state index is 12.6. The Morgan fingerprint density at radius 3 is 2.61 bits per heavy atom. The number of pyridine rings is 1. The van der Waals surface area contributed by atoms with Gasteiger partial charge in [-0.05, 0) is 44.5 Å². The second kappa shape index (κ2) is 7.23. The number of nitrogens with zero attached hydrogens (tertiary/aromatic N) is 3. The number of carbonyl (C=O) groups excluding carboxylic acids is 1. The zero-order valence-electron chi connectivity index (χ0n) is 16.0. The van der Waals surface area contributed by atoms with Crippen molar-refractivity contribution < 1.29 is 9.32 Å². The molecule has 0 unspecified atom stereocenters. The molecule has 0 bridgehead atoms. The number of para-hydroxylation sites is 1. The first kappa shape index (κ1) is 17.9. The molecule has 6 heteroatoms. The monoisotopic (exact) mass is 372 g/mol. The number of hydrogen-bond donors (Lipinski definition) is 1. The summed E-state index contributed by atoms with van der Waals surface area (Å²) < 4.78 is 5.30. The summed E-state index contributed by atoms with van der Waals surface area (Å²) in [6.45, 7) is 6.05. The van der Waals surface area contributed by atoms with Crippen molar-refractivity contribution in [3.8, 4) is 11.5 Å². The Kier molecular flexibility index (Phi) is 4.61. The molecule has 0 aliphatic rings. The number of aromatic nitrogens is 3. The lowest BCUT2D eigenvalue weighted by molar-refractivity contribution is 0.0948. The summed E-state index contributed by atoms with van der Waals surface area (Å²) in [7, 11) is 0. The van der Waals surface area contributed by atoms with Crippen LogP contribution in [0.1, 0.15) is 33.0 Å². The van der Waals surface area contributed by atoms with E-state index in [0.717, 1.165) is 27.6 Å². The first-order valence-corrected chi connectivity index (χ1v) is 9.06. The molecule has 0 aliphatic heterocycles. The molecule has 2 heterocycles. The number of benzene rings is 2. The maximum atomic E-state index is 12.6. The van der Waals surface area contributed by atoms with Gasteiger partial charge in [-0.3, -0.25) is 9.78 Å². The van der Waals surface area contributed by atoms with E-state index in [9.17, 15) is 4.79 Å². The van der Waals surface area contributed by atoms with Gasteiger partial charge in [0.15, 0.2) is 5.82 Å². The molecule has 0 saturated carbocycles. The molecule has 0 fully saturated rings. The minimum atomic E-state index is -0.213. The highest BCUT2D eigenvalue weighted by Gasteiger charge is 2.14. The van der Waals surface area contributed by atoms with Crippen LogP contribution in [0.3, 0.4) is 0 Å². The van der Waals surface area contributed by atoms with Crippen molar-refractivity contribution >= 4 is 16.8 Å². The topological polar surface area (TPSA) is 80.9 Å². The van der Waals surface area contributed by atoms with Crippen LogP contribution in [0.25, 0.3) is 22.4 Å². The fraction of sp³-hybridized carbons (Fsp3) is 0.182. The van der Waals surface area contributed by atoms with Gasteiger partial charge in [-0.2, -0.15) is 4.98 Å². The molecule has 140 valence electrons. The number of amides is 1. The maximum Gasteiger partial charge on any atom is 0.257 e. The molecule has 1 N–H and O–H groups in total. The van der Waals surface area contributed by atoms with Gasteiger partial charge < -0.3 is 9.84 Å². The van der Waals surface area contributed by atoms with Crippen molar-refractivity contribution in [1.82, 2.24) is 20.4 Å². The molecule has 0 atom stereocenters. The zero-order valence-corrected chi connectivity index (χ0v) is 16.0. The Morgan fingerprint density at radius 1 is 1.04 bits per heavy atom. The first-order chi connectivity index (χ1) is 13.5. The fourth-order valence-electron chi connectivity index (χ4n) is 3.06. The third kappa shape index (κ3) is 3.49. The van der Waals surface area contributed by atoms with Gasteiger partial charge in [0, 0.05) is 10.9 Å². The lowest BCUT2D eigenvalue weighted by Gasteiger charge is -2.09. The first-order valence-electron chi connectivity index (χ1n) is 9.06. The van der Waals surface area contributed by atoms with Crippen LogP contribution >= 0.6 is 0 Å². The Balaban J connectivity index is 1.50. The third-order valence-electron chi connectivity index (χ3n) is 4.66. The third-order valence-corrected chi connectivity index (χ3v) is 4.66. The molecule has 0 radical (unpaired) electrons. The summed E-state index contributed by atoms with van der Waals surface area (Å²) in [5, 5.41) is 7.74. The van der Waals surface area contributed by atoms with Crippen molar-refractivity contribution in [2.45, 2.75) is 27.3 Å². The quantitative estimate of drug-likeness (QED) is 0.582. The molecular formula is C22H20N4O2. The average molecular weight is 372 g/mol. The van der Waals surface area contributed by atoms with Gasteiger partial charge in [-0.15, -0.1) is 0 Å². The van der Waals surface area contributed by atoms with E-state index in [2.05, 4.69) is 20.4 Å². The Labute approximate surface area is 162 Å². The summed E-state index contributed by atoms with van der Waals surface area (Å²) in [6.07, 6.45) is 0. The predicted octanol–water partition coefficient (Wildman–Crippen LogP) is 4.14. The van der Waals surface area contributed by atoms with Crippen molar-refractivity contribution in [3.05, 3.63) is 76.7 Å². The number of carbonyl (C=O) groups is 1. The summed E-state index contributed by atoms with van der Waals surface area (Å²) >= 11 is 0. The number of aryl methyl sites for hydroxylation is 3. The molecule has 0 spiro atoms. The highest BCUT2D eigenvalue weighted by Crippen LogP contribution is 2.20. The van der Waals surface area contributed by atoms with Crippen LogP contribution in [0.4, 0.5) is 0 Å². The van der Waals surface area contributed by atoms with Crippen LogP contribution < -0.4 is 5.32 Å². The highest BCUT2D eigenvalue weighted by molar-refractivity contribution is 5.99. The van der Waals surface area contributed by atoms with Gasteiger partial charge >= 0.3 is 0 Å². The Morgan fingerprint density at radius 2 is 1.82 bits per heavy atom. The van der Waals surface area contributed by atoms with E-state index >= 15 is 0 Å². The van der Waals surface area contributed by atoms with E-state index in [4.69, 9.17) is 4.52 Å². The van der Waals surface area contributed by atoms with E-state index < -0.39 is 0 Å². The molecule has 2 aromatic heterocycles. The van der Waals surface area contributed by atoms with Gasteiger partial charge in [0.25, 0.3) is 11.8 Å². The van der Waals surface area contributed by atoms with Crippen LogP contribution in [0, 0.1) is 20.8 Å². The van der Waals surface area contributed by atoms with E-state index in [1.54, 1.807) is 0 Å². The molecular weight excluding hydrogens is 352 g/mol. The number of hydrogen-bond acceptors (Lipinski definition) is 5. The van der Waals surface area contributed by atoms with Gasteiger partial charge in [0.05, 0.1) is 23.3 Å². The van der Waals surface area contributed by atoms with Crippen LogP contribution in [0.15, 0.2) is 53.1 Å². The molecule has 1 amide bonds. The van der Waals surface area contributed by atoms with Gasteiger partial charge in [-0.25, -0.2) is 0 Å². The van der Waals surface area contributed by atoms with Crippen molar-refractivity contribution in [2.24, 2.45) is 0 Å². The zero-order chi connectivity index (χ0) is 19.7. The van der Waals surface area contributed by atoms with Crippen molar-refractivity contribution in [2.75, 3.05) is 0 Å². The molecule has 28 heavy (non-hydrogen) atoms. The van der Waals surface area contributed by atoms with E-state index in [1.807, 2.05) is 69.3 Å². The molecule has 0 saturated heterocycles. The molecule has 4 rings (SSSR count). The largest absolute Gasteiger partial charge is 0.345 e. The second-order valence-corrected chi connectivity index (χ2v) is 6.83. The Bertz CT molecular complexity index is 1160. The van der Waals surface area contributed by atoms with Crippen LogP contribution in [0.5, 0.6) is 0 Å². The fourth-order valence-corrected chi connectivity index (χ4v) is 3.06. The summed E-state index contributed by atoms with van der Waals surface area (Å²) in [5.41, 5.74) is 5.24. The van der Waals surface area contributed by atoms with Gasteiger partial charge in [0.1, 0.15) is 0 Å². The summed E-state index contributed by atoms with van der Waals surface area (Å²) in [4.78, 5) is 21.6. The average Bonchev–Trinajstić information content (AvgIpc) is 3.16. The van der Waals surface area contributed by atoms with Crippen LogP contribution in [-0.2, 0) is 6.54 Å². The minimum Gasteiger partial charge on any atom is -0.345 e. The van der Waals surface area contributed by atoms with Crippen LogP contribution in [-0.4, -0.2) is 21.0 Å². The number of nitrogens with one attached hydrogen (secondary N) is 1. The van der Waals surface area contributed by atoms with Crippen molar-refractivity contribution in [3.63, 3.8) is 0 Å². The van der Waals surface area contributed by atoms with Crippen LogP contribution in [0.2, 0.25) is 0 Å². The highest BCUT2D eigenvalue weighted by atomic mass is 16.5. The normalized spacial score (nSPS) is 11.0. The van der Waals surface area contributed by atoms with Gasteiger partial charge in [0.2, 0.25) is 0 Å². The van der Waals surface area contributed by atoms with Gasteiger partial charge in [-0.1, -0.05) is 41.1 Å². The molecule has 2 aromatic carbocycles. The summed E-state index contributed by atoms with van der Waals surface area (Å²) in [6, 6.07) is 15.6. The number of fused-ring (bicyclic) bond motifs is 1. The van der Waals surface area contributed by atoms with E-state index in [0.29, 0.717) is 23.0 Å². The lowest BCUT2D eigenvalue weighted by Crippen LogP contribution is -2.24. The SMILES string of the molecule is Cc1ccc(-c2nc(CNC(=O)c3cc4cccc(C)c4nc3C)no2)cc1. The Hall–Kier alpha value is -3.54. The smallest absolute Gasteiger partial charge is 0.257 e. The second-order valence-electron chi connectivity index (χ2n) is 6.83. The van der Waals surface area contributed by atoms with Crippen molar-refractivity contribution in [1.29, 1.82) is 0 Å². The van der Waals surface area contributed by atoms with E-state index in [-0.39, 0.29) is 12.5 Å². The van der Waals surface area contributed by atoms with E-state index in [1.165, 1.54) is 0 Å². The number of rotatable bonds is 4. The predicted molar refractivity (Wildman–Crippen MR) is 107 cm³/mol.